The van der Waals surface area contributed by atoms with Crippen molar-refractivity contribution in [3.05, 3.63) is 23.8 Å². The van der Waals surface area contributed by atoms with Gasteiger partial charge in [0, 0.05) is 0 Å². The fraction of sp³-hybridized carbons (Fsp3) is 0.300. The topological polar surface area (TPSA) is 41.1 Å². The molecule has 0 saturated heterocycles. The molecular weight excluding hydrogens is 164 g/mol. The molecule has 0 spiro atoms. The summed E-state index contributed by atoms with van der Waals surface area (Å²) in [6, 6.07) is 5.79. The normalized spacial score (nSPS) is 20.2. The van der Waals surface area contributed by atoms with Gasteiger partial charge in [-0.3, -0.25) is 4.79 Å². The largest absolute Gasteiger partial charge is 0.372 e. The van der Waals surface area contributed by atoms with Crippen molar-refractivity contribution >= 4 is 17.3 Å². The maximum atomic E-state index is 11.3. The molecule has 0 aliphatic carbocycles. The molecule has 0 saturated carbocycles. The lowest BCUT2D eigenvalue weighted by atomic mass is 10.1. The molecule has 1 aromatic carbocycles. The van der Waals surface area contributed by atoms with E-state index in [2.05, 4.69) is 10.6 Å². The summed E-state index contributed by atoms with van der Waals surface area (Å²) >= 11 is 0. The van der Waals surface area contributed by atoms with E-state index >= 15 is 0 Å². The summed E-state index contributed by atoms with van der Waals surface area (Å²) in [5.41, 5.74) is 3.07. The predicted octanol–water partition coefficient (Wildman–Crippen LogP) is 1.75. The van der Waals surface area contributed by atoms with Gasteiger partial charge in [-0.25, -0.2) is 0 Å². The van der Waals surface area contributed by atoms with Crippen molar-refractivity contribution in [3.63, 3.8) is 0 Å². The first-order chi connectivity index (χ1) is 6.16. The van der Waals surface area contributed by atoms with Crippen LogP contribution in [0.4, 0.5) is 11.4 Å². The zero-order chi connectivity index (χ0) is 9.42. The van der Waals surface area contributed by atoms with Crippen molar-refractivity contribution in [2.45, 2.75) is 19.9 Å². The number of hydrogen-bond acceptors (Lipinski definition) is 2. The first-order valence-electron chi connectivity index (χ1n) is 4.35. The number of nitrogens with one attached hydrogen (secondary N) is 2. The van der Waals surface area contributed by atoms with Gasteiger partial charge < -0.3 is 10.6 Å². The third-order valence-electron chi connectivity index (χ3n) is 2.20. The quantitative estimate of drug-likeness (QED) is 0.632. The van der Waals surface area contributed by atoms with Crippen molar-refractivity contribution in [1.82, 2.24) is 0 Å². The Balaban J connectivity index is 2.42. The third-order valence-corrected chi connectivity index (χ3v) is 2.20. The molecule has 13 heavy (non-hydrogen) atoms. The van der Waals surface area contributed by atoms with Crippen LogP contribution in [0.15, 0.2) is 18.2 Å². The second-order valence-electron chi connectivity index (χ2n) is 3.40. The Kier molecular flexibility index (Phi) is 1.72. The highest BCUT2D eigenvalue weighted by Crippen LogP contribution is 2.27. The summed E-state index contributed by atoms with van der Waals surface area (Å²) in [7, 11) is 0. The van der Waals surface area contributed by atoms with E-state index in [0.29, 0.717) is 0 Å². The molecule has 1 aliphatic rings. The Morgan fingerprint density at radius 2 is 2.08 bits per heavy atom. The van der Waals surface area contributed by atoms with Gasteiger partial charge in [0.05, 0.1) is 11.4 Å². The molecular formula is C10H12N2O. The van der Waals surface area contributed by atoms with E-state index in [-0.39, 0.29) is 11.9 Å². The highest BCUT2D eigenvalue weighted by atomic mass is 16.2. The standard InChI is InChI=1S/C10H12N2O/c1-6-3-4-8-9(5-6)11-7(2)10(13)12-8/h3-5,7,11H,1-2H3,(H,12,13)/t7-/m0/s1. The lowest BCUT2D eigenvalue weighted by Crippen LogP contribution is -2.36. The van der Waals surface area contributed by atoms with E-state index in [1.807, 2.05) is 32.0 Å². The monoisotopic (exact) mass is 176 g/mol. The Hall–Kier alpha value is -1.51. The number of fused-ring (bicyclic) bond motifs is 1. The number of carbonyl (C=O) groups excluding carboxylic acids is 1. The van der Waals surface area contributed by atoms with Crippen LogP contribution in [-0.2, 0) is 4.79 Å². The Bertz CT molecular complexity index is 360. The molecule has 0 unspecified atom stereocenters. The number of aryl methyl sites for hydroxylation is 1. The molecule has 3 heteroatoms. The van der Waals surface area contributed by atoms with Crippen molar-refractivity contribution in [1.29, 1.82) is 0 Å². The summed E-state index contributed by atoms with van der Waals surface area (Å²) in [4.78, 5) is 11.3. The van der Waals surface area contributed by atoms with E-state index in [1.165, 1.54) is 5.56 Å². The Morgan fingerprint density at radius 1 is 1.31 bits per heavy atom. The smallest absolute Gasteiger partial charge is 0.246 e. The van der Waals surface area contributed by atoms with Gasteiger partial charge >= 0.3 is 0 Å². The lowest BCUT2D eigenvalue weighted by Gasteiger charge is -2.24. The SMILES string of the molecule is Cc1ccc2c(c1)N[C@@H](C)C(=O)N2. The van der Waals surface area contributed by atoms with Gasteiger partial charge in [-0.15, -0.1) is 0 Å². The lowest BCUT2D eigenvalue weighted by molar-refractivity contribution is -0.116. The van der Waals surface area contributed by atoms with Crippen molar-refractivity contribution < 1.29 is 4.79 Å². The minimum atomic E-state index is -0.144. The minimum absolute atomic E-state index is 0.0244. The fourth-order valence-corrected chi connectivity index (χ4v) is 1.43. The van der Waals surface area contributed by atoms with E-state index in [1.54, 1.807) is 0 Å². The third kappa shape index (κ3) is 1.37. The first-order valence-corrected chi connectivity index (χ1v) is 4.35. The summed E-state index contributed by atoms with van der Waals surface area (Å²) in [6.07, 6.45) is 0. The predicted molar refractivity (Wildman–Crippen MR) is 52.9 cm³/mol. The fourth-order valence-electron chi connectivity index (χ4n) is 1.43. The highest BCUT2D eigenvalue weighted by Gasteiger charge is 2.20. The number of hydrogen-bond donors (Lipinski definition) is 2. The minimum Gasteiger partial charge on any atom is -0.372 e. The van der Waals surface area contributed by atoms with Gasteiger partial charge in [-0.05, 0) is 31.5 Å². The molecule has 1 amide bonds. The van der Waals surface area contributed by atoms with E-state index in [0.717, 1.165) is 11.4 Å². The summed E-state index contributed by atoms with van der Waals surface area (Å²) < 4.78 is 0. The molecule has 1 atom stereocenters. The zero-order valence-corrected chi connectivity index (χ0v) is 7.72. The average Bonchev–Trinajstić information content (AvgIpc) is 2.08. The van der Waals surface area contributed by atoms with Gasteiger partial charge in [0.1, 0.15) is 6.04 Å². The Labute approximate surface area is 77.1 Å². The molecule has 68 valence electrons. The van der Waals surface area contributed by atoms with Crippen LogP contribution in [0.1, 0.15) is 12.5 Å². The summed E-state index contributed by atoms with van der Waals surface area (Å²) in [5, 5.41) is 5.97. The molecule has 0 radical (unpaired) electrons. The van der Waals surface area contributed by atoms with Crippen molar-refractivity contribution in [2.24, 2.45) is 0 Å². The van der Waals surface area contributed by atoms with Gasteiger partial charge in [0.25, 0.3) is 0 Å². The van der Waals surface area contributed by atoms with E-state index in [4.69, 9.17) is 0 Å². The molecule has 1 heterocycles. The number of rotatable bonds is 0. The van der Waals surface area contributed by atoms with Crippen LogP contribution in [-0.4, -0.2) is 11.9 Å². The second kappa shape index (κ2) is 2.76. The van der Waals surface area contributed by atoms with E-state index in [9.17, 15) is 4.79 Å². The van der Waals surface area contributed by atoms with Crippen LogP contribution < -0.4 is 10.6 Å². The van der Waals surface area contributed by atoms with Crippen molar-refractivity contribution in [3.8, 4) is 0 Å². The van der Waals surface area contributed by atoms with Crippen LogP contribution in [0, 0.1) is 6.92 Å². The Morgan fingerprint density at radius 3 is 2.85 bits per heavy atom. The van der Waals surface area contributed by atoms with Crippen molar-refractivity contribution in [2.75, 3.05) is 10.6 Å². The maximum absolute atomic E-state index is 11.3. The first kappa shape index (κ1) is 8.10. The van der Waals surface area contributed by atoms with Gasteiger partial charge in [0.15, 0.2) is 0 Å². The number of amides is 1. The number of benzene rings is 1. The van der Waals surface area contributed by atoms with Gasteiger partial charge in [0.2, 0.25) is 5.91 Å². The molecule has 0 fully saturated rings. The zero-order valence-electron chi connectivity index (χ0n) is 7.72. The highest BCUT2D eigenvalue weighted by molar-refractivity contribution is 6.02. The molecule has 0 bridgehead atoms. The van der Waals surface area contributed by atoms with Crippen LogP contribution in [0.3, 0.4) is 0 Å². The second-order valence-corrected chi connectivity index (χ2v) is 3.40. The molecule has 3 nitrogen and oxygen atoms in total. The molecule has 2 rings (SSSR count). The van der Waals surface area contributed by atoms with Crippen LogP contribution in [0.2, 0.25) is 0 Å². The average molecular weight is 176 g/mol. The number of carbonyl (C=O) groups is 1. The van der Waals surface area contributed by atoms with Crippen LogP contribution in [0.5, 0.6) is 0 Å². The molecule has 2 N–H and O–H groups in total. The van der Waals surface area contributed by atoms with Gasteiger partial charge in [-0.1, -0.05) is 6.07 Å². The molecule has 0 aromatic heterocycles. The summed E-state index contributed by atoms with van der Waals surface area (Å²) in [6.45, 7) is 3.88. The summed E-state index contributed by atoms with van der Waals surface area (Å²) in [5.74, 6) is 0.0244. The molecule has 1 aromatic rings. The number of anilines is 2. The maximum Gasteiger partial charge on any atom is 0.246 e. The molecule has 1 aliphatic heterocycles. The van der Waals surface area contributed by atoms with Crippen LogP contribution >= 0.6 is 0 Å². The van der Waals surface area contributed by atoms with Gasteiger partial charge in [-0.2, -0.15) is 0 Å². The van der Waals surface area contributed by atoms with E-state index < -0.39 is 0 Å². The van der Waals surface area contributed by atoms with Crippen LogP contribution in [0.25, 0.3) is 0 Å².